The van der Waals surface area contributed by atoms with Crippen molar-refractivity contribution in [2.24, 2.45) is 0 Å². The van der Waals surface area contributed by atoms with Gasteiger partial charge in [0.05, 0.1) is 16.9 Å². The summed E-state index contributed by atoms with van der Waals surface area (Å²) in [6, 6.07) is 18.9. The van der Waals surface area contributed by atoms with Gasteiger partial charge in [0.1, 0.15) is 11.9 Å². The number of hydrogen-bond acceptors (Lipinski definition) is 6. The van der Waals surface area contributed by atoms with Crippen LogP contribution >= 0.6 is 0 Å². The summed E-state index contributed by atoms with van der Waals surface area (Å²) in [5.74, 6) is -0.344. The smallest absolute Gasteiger partial charge is 0.267 e. The lowest BCUT2D eigenvalue weighted by atomic mass is 9.95. The van der Waals surface area contributed by atoms with Crippen LogP contribution in [0.4, 0.5) is 11.4 Å². The van der Waals surface area contributed by atoms with Crippen LogP contribution < -0.4 is 15.7 Å². The quantitative estimate of drug-likeness (QED) is 0.157. The van der Waals surface area contributed by atoms with Crippen molar-refractivity contribution in [3.05, 3.63) is 94.7 Å². The van der Waals surface area contributed by atoms with Crippen molar-refractivity contribution in [1.29, 1.82) is 0 Å². The molecule has 0 bridgehead atoms. The minimum absolute atomic E-state index is 0.00181. The summed E-state index contributed by atoms with van der Waals surface area (Å²) in [7, 11) is 2.01. The van der Waals surface area contributed by atoms with E-state index in [1.807, 2.05) is 60.5 Å². The number of nitrogens with one attached hydrogen (secondary N) is 3. The minimum Gasteiger partial charge on any atom is -0.508 e. The van der Waals surface area contributed by atoms with Crippen LogP contribution in [-0.4, -0.2) is 45.6 Å². The SMILES string of the molecule is CN1c2ccc(NCc3ccc(/C=C/C(=O)NO)cc3)cc2C(=O)N2CCc3c([nH]c4ccc(O)cc34)C21. The fourth-order valence-electron chi connectivity index (χ4n) is 5.44. The summed E-state index contributed by atoms with van der Waals surface area (Å²) in [6.07, 6.45) is 3.36. The number of fused-ring (bicyclic) bond motifs is 6. The molecule has 0 radical (unpaired) electrons. The van der Waals surface area contributed by atoms with Gasteiger partial charge in [-0.25, -0.2) is 5.48 Å². The number of hydrogen-bond donors (Lipinski definition) is 5. The van der Waals surface area contributed by atoms with E-state index >= 15 is 0 Å². The molecule has 2 aliphatic heterocycles. The van der Waals surface area contributed by atoms with Crippen molar-refractivity contribution in [1.82, 2.24) is 15.4 Å². The van der Waals surface area contributed by atoms with Crippen LogP contribution in [0.5, 0.6) is 5.75 Å². The first-order valence-corrected chi connectivity index (χ1v) is 12.4. The molecule has 0 saturated carbocycles. The van der Waals surface area contributed by atoms with Crippen molar-refractivity contribution in [2.45, 2.75) is 19.1 Å². The zero-order valence-electron chi connectivity index (χ0n) is 20.7. The molecule has 3 aromatic carbocycles. The second-order valence-electron chi connectivity index (χ2n) is 9.62. The molecule has 38 heavy (non-hydrogen) atoms. The van der Waals surface area contributed by atoms with E-state index in [0.717, 1.165) is 51.1 Å². The maximum absolute atomic E-state index is 13.6. The fourth-order valence-corrected chi connectivity index (χ4v) is 5.44. The monoisotopic (exact) mass is 509 g/mol. The standard InChI is InChI=1S/C29H27N5O4/c1-33-25-10-7-19(30-16-18-4-2-17(3-5-18)6-11-26(36)32-38)14-23(25)29(37)34-13-12-21-22-15-20(35)8-9-24(22)31-27(21)28(33)34/h2-11,14-15,28,30-31,35,38H,12-13,16H2,1H3,(H,32,36)/b11-6+. The molecule has 6 rings (SSSR count). The Morgan fingerprint density at radius 3 is 2.74 bits per heavy atom. The van der Waals surface area contributed by atoms with Gasteiger partial charge in [0, 0.05) is 42.8 Å². The summed E-state index contributed by atoms with van der Waals surface area (Å²) in [6.45, 7) is 1.17. The number of hydroxylamine groups is 1. The van der Waals surface area contributed by atoms with Gasteiger partial charge in [-0.2, -0.15) is 0 Å². The molecule has 5 N–H and O–H groups in total. The van der Waals surface area contributed by atoms with E-state index in [1.54, 1.807) is 23.7 Å². The largest absolute Gasteiger partial charge is 0.508 e. The highest BCUT2D eigenvalue weighted by Crippen LogP contribution is 2.43. The molecular weight excluding hydrogens is 482 g/mol. The van der Waals surface area contributed by atoms with Crippen LogP contribution in [-0.2, 0) is 17.8 Å². The molecular formula is C29H27N5O4. The molecule has 0 aliphatic carbocycles. The number of aromatic amines is 1. The number of amides is 2. The number of carbonyl (C=O) groups excluding carboxylic acids is 2. The van der Waals surface area contributed by atoms with Crippen molar-refractivity contribution >= 4 is 40.2 Å². The first-order chi connectivity index (χ1) is 18.4. The Balaban J connectivity index is 1.22. The highest BCUT2D eigenvalue weighted by Gasteiger charge is 2.41. The van der Waals surface area contributed by atoms with Gasteiger partial charge in [-0.05, 0) is 65.6 Å². The highest BCUT2D eigenvalue weighted by molar-refractivity contribution is 6.03. The normalized spacial score (nSPS) is 16.4. The maximum Gasteiger partial charge on any atom is 0.267 e. The lowest BCUT2D eigenvalue weighted by molar-refractivity contribution is -0.124. The molecule has 2 aliphatic rings. The van der Waals surface area contributed by atoms with Crippen molar-refractivity contribution in [3.8, 4) is 5.75 Å². The number of aromatic hydroxyl groups is 1. The van der Waals surface area contributed by atoms with E-state index < -0.39 is 5.91 Å². The number of phenols is 1. The van der Waals surface area contributed by atoms with Gasteiger partial charge in [-0.15, -0.1) is 0 Å². The second-order valence-corrected chi connectivity index (χ2v) is 9.62. The van der Waals surface area contributed by atoms with E-state index in [1.165, 1.54) is 6.08 Å². The third kappa shape index (κ3) is 4.03. The lowest BCUT2D eigenvalue weighted by Gasteiger charge is -2.46. The van der Waals surface area contributed by atoms with E-state index in [-0.39, 0.29) is 17.8 Å². The molecule has 192 valence electrons. The predicted octanol–water partition coefficient (Wildman–Crippen LogP) is 4.15. The van der Waals surface area contributed by atoms with Crippen molar-refractivity contribution < 1.29 is 19.9 Å². The zero-order chi connectivity index (χ0) is 26.4. The minimum atomic E-state index is -0.582. The molecule has 2 amide bonds. The second kappa shape index (κ2) is 9.28. The van der Waals surface area contributed by atoms with E-state index in [9.17, 15) is 14.7 Å². The predicted molar refractivity (Wildman–Crippen MR) is 145 cm³/mol. The molecule has 9 nitrogen and oxygen atoms in total. The Hall–Kier alpha value is -4.76. The van der Waals surface area contributed by atoms with E-state index in [2.05, 4.69) is 15.2 Å². The molecule has 1 atom stereocenters. The van der Waals surface area contributed by atoms with Gasteiger partial charge in [0.2, 0.25) is 0 Å². The molecule has 1 aromatic heterocycles. The number of carbonyl (C=O) groups is 2. The van der Waals surface area contributed by atoms with E-state index in [0.29, 0.717) is 18.7 Å². The molecule has 4 aromatic rings. The molecule has 3 heterocycles. The molecule has 0 saturated heterocycles. The first-order valence-electron chi connectivity index (χ1n) is 12.4. The van der Waals surface area contributed by atoms with Crippen LogP contribution in [0.1, 0.15) is 38.9 Å². The number of H-pyrrole nitrogens is 1. The summed E-state index contributed by atoms with van der Waals surface area (Å²) >= 11 is 0. The topological polar surface area (TPSA) is 121 Å². The summed E-state index contributed by atoms with van der Waals surface area (Å²) in [5, 5.41) is 23.0. The molecule has 1 unspecified atom stereocenters. The zero-order valence-corrected chi connectivity index (χ0v) is 20.7. The maximum atomic E-state index is 13.6. The Morgan fingerprint density at radius 1 is 1.13 bits per heavy atom. The number of phenolic OH excluding ortho intramolecular Hbond substituents is 1. The Labute approximate surface area is 219 Å². The average Bonchev–Trinajstić information content (AvgIpc) is 3.31. The Morgan fingerprint density at radius 2 is 1.95 bits per heavy atom. The molecule has 0 fully saturated rings. The molecule has 0 spiro atoms. The first kappa shape index (κ1) is 23.6. The Bertz CT molecular complexity index is 1590. The van der Waals surface area contributed by atoms with Crippen LogP contribution in [0, 0.1) is 0 Å². The van der Waals surface area contributed by atoms with Crippen molar-refractivity contribution in [3.63, 3.8) is 0 Å². The average molecular weight is 510 g/mol. The number of nitrogens with zero attached hydrogens (tertiary/aromatic N) is 2. The Kier molecular flexibility index (Phi) is 5.77. The molecule has 9 heteroatoms. The lowest BCUT2D eigenvalue weighted by Crippen LogP contribution is -2.51. The van der Waals surface area contributed by atoms with Gasteiger partial charge in [0.25, 0.3) is 11.8 Å². The summed E-state index contributed by atoms with van der Waals surface area (Å²) in [4.78, 5) is 32.3. The van der Waals surface area contributed by atoms with Gasteiger partial charge in [-0.1, -0.05) is 24.3 Å². The third-order valence-electron chi connectivity index (χ3n) is 7.33. The highest BCUT2D eigenvalue weighted by atomic mass is 16.5. The van der Waals surface area contributed by atoms with Gasteiger partial charge < -0.3 is 25.2 Å². The van der Waals surface area contributed by atoms with Crippen LogP contribution in [0.3, 0.4) is 0 Å². The van der Waals surface area contributed by atoms with Crippen molar-refractivity contribution in [2.75, 3.05) is 23.8 Å². The van der Waals surface area contributed by atoms with Gasteiger partial charge >= 0.3 is 0 Å². The summed E-state index contributed by atoms with van der Waals surface area (Å²) in [5.41, 5.74) is 8.94. The number of benzene rings is 3. The summed E-state index contributed by atoms with van der Waals surface area (Å²) < 4.78 is 0. The third-order valence-corrected chi connectivity index (χ3v) is 7.33. The van der Waals surface area contributed by atoms with Gasteiger partial charge in [0.15, 0.2) is 0 Å². The van der Waals surface area contributed by atoms with Gasteiger partial charge in [-0.3, -0.25) is 14.8 Å². The van der Waals surface area contributed by atoms with Crippen LogP contribution in [0.2, 0.25) is 0 Å². The van der Waals surface area contributed by atoms with E-state index in [4.69, 9.17) is 5.21 Å². The fraction of sp³-hybridized carbons (Fsp3) is 0.172. The number of anilines is 2. The number of rotatable bonds is 5. The van der Waals surface area contributed by atoms with Crippen LogP contribution in [0.15, 0.2) is 66.7 Å². The number of aromatic nitrogens is 1. The van der Waals surface area contributed by atoms with Crippen LogP contribution in [0.25, 0.3) is 17.0 Å².